The number of nitrogens with zero attached hydrogens (tertiary/aromatic N) is 2. The summed E-state index contributed by atoms with van der Waals surface area (Å²) in [5, 5.41) is 14.4. The van der Waals surface area contributed by atoms with Gasteiger partial charge in [-0.05, 0) is 37.2 Å². The molecule has 2 heterocycles. The molecule has 1 N–H and O–H groups in total. The van der Waals surface area contributed by atoms with Crippen LogP contribution in [0.4, 0.5) is 5.13 Å². The first-order valence-electron chi connectivity index (χ1n) is 6.90. The number of hydrogen-bond acceptors (Lipinski definition) is 5. The molecule has 1 atom stereocenters. The summed E-state index contributed by atoms with van der Waals surface area (Å²) in [5.41, 5.74) is 2.07. The highest BCUT2D eigenvalue weighted by Gasteiger charge is 2.23. The highest BCUT2D eigenvalue weighted by atomic mass is 32.1. The maximum absolute atomic E-state index is 12.4. The Morgan fingerprint density at radius 1 is 1.50 bits per heavy atom. The fourth-order valence-electron chi connectivity index (χ4n) is 2.48. The number of aryl methyl sites for hydroxylation is 1. The van der Waals surface area contributed by atoms with E-state index in [0.717, 1.165) is 35.8 Å². The summed E-state index contributed by atoms with van der Waals surface area (Å²) in [6, 6.07) is 0. The van der Waals surface area contributed by atoms with Crippen molar-refractivity contribution in [2.75, 3.05) is 5.32 Å². The average Bonchev–Trinajstić information content (AvgIpc) is 3.04. The molecule has 0 radical (unpaired) electrons. The SMILES string of the molecule is CCc1nnc(NC(=O)c2csc3c2CC[C@H](C)C3)s1. The normalized spacial score (nSPS) is 17.8. The molecule has 0 unspecified atom stereocenters. The minimum absolute atomic E-state index is 0.0455. The first-order chi connectivity index (χ1) is 9.67. The number of aromatic nitrogens is 2. The van der Waals surface area contributed by atoms with Gasteiger partial charge in [-0.15, -0.1) is 21.5 Å². The standard InChI is InChI=1S/C14H17N3OS2/c1-3-12-16-17-14(20-12)15-13(18)10-7-19-11-6-8(2)4-5-9(10)11/h7-8H,3-6H2,1-2H3,(H,15,17,18)/t8-/m0/s1. The molecule has 0 aromatic carbocycles. The van der Waals surface area contributed by atoms with Crippen LogP contribution in [0.5, 0.6) is 0 Å². The number of thiophene rings is 1. The van der Waals surface area contributed by atoms with Gasteiger partial charge in [0.05, 0.1) is 5.56 Å². The largest absolute Gasteiger partial charge is 0.296 e. The van der Waals surface area contributed by atoms with Gasteiger partial charge < -0.3 is 0 Å². The van der Waals surface area contributed by atoms with Crippen molar-refractivity contribution in [3.63, 3.8) is 0 Å². The van der Waals surface area contributed by atoms with Crippen molar-refractivity contribution < 1.29 is 4.79 Å². The predicted octanol–water partition coefficient (Wildman–Crippen LogP) is 3.54. The number of fused-ring (bicyclic) bond motifs is 1. The highest BCUT2D eigenvalue weighted by molar-refractivity contribution is 7.15. The van der Waals surface area contributed by atoms with Crippen molar-refractivity contribution >= 4 is 33.7 Å². The van der Waals surface area contributed by atoms with Crippen LogP contribution in [-0.4, -0.2) is 16.1 Å². The summed E-state index contributed by atoms with van der Waals surface area (Å²) in [4.78, 5) is 13.7. The third-order valence-electron chi connectivity index (χ3n) is 3.64. The molecule has 6 heteroatoms. The van der Waals surface area contributed by atoms with E-state index in [1.165, 1.54) is 28.2 Å². The number of carbonyl (C=O) groups excluding carboxylic acids is 1. The molecule has 0 fully saturated rings. The third kappa shape index (κ3) is 2.62. The van der Waals surface area contributed by atoms with Crippen molar-refractivity contribution in [3.05, 3.63) is 26.4 Å². The predicted molar refractivity (Wildman–Crippen MR) is 82.7 cm³/mol. The Morgan fingerprint density at radius 3 is 3.10 bits per heavy atom. The second-order valence-corrected chi connectivity index (χ2v) is 7.23. The molecule has 1 aliphatic carbocycles. The van der Waals surface area contributed by atoms with Gasteiger partial charge in [-0.3, -0.25) is 10.1 Å². The maximum Gasteiger partial charge on any atom is 0.258 e. The van der Waals surface area contributed by atoms with Gasteiger partial charge in [0.25, 0.3) is 5.91 Å². The van der Waals surface area contributed by atoms with Crippen LogP contribution >= 0.6 is 22.7 Å². The molecule has 1 aliphatic rings. The van der Waals surface area contributed by atoms with Crippen molar-refractivity contribution in [1.82, 2.24) is 10.2 Å². The summed E-state index contributed by atoms with van der Waals surface area (Å²) in [5.74, 6) is 0.684. The lowest BCUT2D eigenvalue weighted by Gasteiger charge is -2.18. The van der Waals surface area contributed by atoms with Crippen LogP contribution in [0.15, 0.2) is 5.38 Å². The zero-order chi connectivity index (χ0) is 14.1. The van der Waals surface area contributed by atoms with E-state index in [4.69, 9.17) is 0 Å². The fraction of sp³-hybridized carbons (Fsp3) is 0.500. The Morgan fingerprint density at radius 2 is 2.35 bits per heavy atom. The molecule has 0 aliphatic heterocycles. The molecule has 2 aromatic rings. The third-order valence-corrected chi connectivity index (χ3v) is 5.67. The van der Waals surface area contributed by atoms with E-state index in [2.05, 4.69) is 22.4 Å². The molecule has 106 valence electrons. The minimum Gasteiger partial charge on any atom is -0.296 e. The zero-order valence-corrected chi connectivity index (χ0v) is 13.2. The van der Waals surface area contributed by atoms with Crippen molar-refractivity contribution in [2.45, 2.75) is 39.5 Å². The monoisotopic (exact) mass is 307 g/mol. The second-order valence-electron chi connectivity index (χ2n) is 5.21. The van der Waals surface area contributed by atoms with Crippen LogP contribution in [0.1, 0.15) is 46.1 Å². The Hall–Kier alpha value is -1.27. The summed E-state index contributed by atoms with van der Waals surface area (Å²) < 4.78 is 0. The van der Waals surface area contributed by atoms with Gasteiger partial charge in [-0.2, -0.15) is 0 Å². The fourth-order valence-corrected chi connectivity index (χ4v) is 4.40. The van der Waals surface area contributed by atoms with E-state index in [0.29, 0.717) is 5.13 Å². The average molecular weight is 307 g/mol. The van der Waals surface area contributed by atoms with Gasteiger partial charge in [-0.25, -0.2) is 0 Å². The van der Waals surface area contributed by atoms with Crippen LogP contribution < -0.4 is 5.32 Å². The van der Waals surface area contributed by atoms with E-state index in [1.807, 2.05) is 12.3 Å². The van der Waals surface area contributed by atoms with E-state index < -0.39 is 0 Å². The number of nitrogens with one attached hydrogen (secondary N) is 1. The first kappa shape index (κ1) is 13.7. The number of amides is 1. The molecular weight excluding hydrogens is 290 g/mol. The minimum atomic E-state index is -0.0455. The van der Waals surface area contributed by atoms with Gasteiger partial charge in [0, 0.05) is 10.3 Å². The highest BCUT2D eigenvalue weighted by Crippen LogP contribution is 2.33. The molecule has 0 spiro atoms. The molecule has 0 saturated carbocycles. The second kappa shape index (κ2) is 5.61. The molecular formula is C14H17N3OS2. The van der Waals surface area contributed by atoms with Gasteiger partial charge in [-0.1, -0.05) is 25.2 Å². The molecule has 0 saturated heterocycles. The number of hydrogen-bond donors (Lipinski definition) is 1. The Labute approximate surface area is 126 Å². The van der Waals surface area contributed by atoms with Gasteiger partial charge in [0.2, 0.25) is 5.13 Å². The number of carbonyl (C=O) groups is 1. The smallest absolute Gasteiger partial charge is 0.258 e. The quantitative estimate of drug-likeness (QED) is 0.943. The lowest BCUT2D eigenvalue weighted by molar-refractivity contribution is 0.102. The van der Waals surface area contributed by atoms with Crippen LogP contribution in [0.2, 0.25) is 0 Å². The molecule has 1 amide bonds. The number of rotatable bonds is 3. The molecule has 20 heavy (non-hydrogen) atoms. The van der Waals surface area contributed by atoms with E-state index in [1.54, 1.807) is 11.3 Å². The van der Waals surface area contributed by atoms with Gasteiger partial charge in [0.1, 0.15) is 5.01 Å². The van der Waals surface area contributed by atoms with E-state index in [9.17, 15) is 4.79 Å². The van der Waals surface area contributed by atoms with Crippen LogP contribution in [0.3, 0.4) is 0 Å². The van der Waals surface area contributed by atoms with E-state index >= 15 is 0 Å². The first-order valence-corrected chi connectivity index (χ1v) is 8.60. The van der Waals surface area contributed by atoms with E-state index in [-0.39, 0.29) is 5.91 Å². The Balaban J connectivity index is 1.77. The molecule has 4 nitrogen and oxygen atoms in total. The summed E-state index contributed by atoms with van der Waals surface area (Å²) in [6.45, 7) is 4.30. The Bertz CT molecular complexity index is 632. The summed E-state index contributed by atoms with van der Waals surface area (Å²) >= 11 is 3.16. The maximum atomic E-state index is 12.4. The topological polar surface area (TPSA) is 54.9 Å². The molecule has 3 rings (SSSR count). The summed E-state index contributed by atoms with van der Waals surface area (Å²) in [7, 11) is 0. The van der Waals surface area contributed by atoms with Crippen LogP contribution in [-0.2, 0) is 19.3 Å². The van der Waals surface area contributed by atoms with Crippen molar-refractivity contribution in [3.8, 4) is 0 Å². The number of anilines is 1. The van der Waals surface area contributed by atoms with Crippen molar-refractivity contribution in [2.24, 2.45) is 5.92 Å². The van der Waals surface area contributed by atoms with Crippen LogP contribution in [0.25, 0.3) is 0 Å². The van der Waals surface area contributed by atoms with Crippen LogP contribution in [0, 0.1) is 5.92 Å². The van der Waals surface area contributed by atoms with Gasteiger partial charge in [0.15, 0.2) is 0 Å². The molecule has 2 aromatic heterocycles. The zero-order valence-electron chi connectivity index (χ0n) is 11.6. The lowest BCUT2D eigenvalue weighted by Crippen LogP contribution is -2.16. The Kier molecular flexibility index (Phi) is 3.85. The lowest BCUT2D eigenvalue weighted by atomic mass is 9.88. The van der Waals surface area contributed by atoms with Crippen molar-refractivity contribution in [1.29, 1.82) is 0 Å². The van der Waals surface area contributed by atoms with Gasteiger partial charge >= 0.3 is 0 Å². The summed E-state index contributed by atoms with van der Waals surface area (Å²) in [6.07, 6.45) is 4.13. The molecule has 0 bridgehead atoms.